The molecule has 2 N–H and O–H groups in total. The van der Waals surface area contributed by atoms with E-state index in [-0.39, 0.29) is 24.0 Å². The van der Waals surface area contributed by atoms with Crippen LogP contribution in [0.25, 0.3) is 11.1 Å². The molecule has 3 amide bonds. The summed E-state index contributed by atoms with van der Waals surface area (Å²) >= 11 is 0. The first-order valence-corrected chi connectivity index (χ1v) is 18.9. The molecule has 8 rings (SSSR count). The molecule has 4 aromatic carbocycles. The molecule has 278 valence electrons. The Hall–Kier alpha value is -5.45. The number of imide groups is 1. The molecule has 10 nitrogen and oxygen atoms in total. The Kier molecular flexibility index (Phi) is 9.96. The van der Waals surface area contributed by atoms with E-state index in [0.29, 0.717) is 37.2 Å². The van der Waals surface area contributed by atoms with Gasteiger partial charge in [0.1, 0.15) is 36.5 Å². The van der Waals surface area contributed by atoms with E-state index in [1.165, 1.54) is 11.1 Å². The van der Waals surface area contributed by atoms with Gasteiger partial charge in [-0.2, -0.15) is 0 Å². The molecule has 0 bridgehead atoms. The average Bonchev–Trinajstić information content (AvgIpc) is 3.47. The van der Waals surface area contributed by atoms with Crippen LogP contribution in [0.2, 0.25) is 0 Å². The third-order valence-corrected chi connectivity index (χ3v) is 11.2. The second kappa shape index (κ2) is 15.1. The van der Waals surface area contributed by atoms with Crippen molar-refractivity contribution in [3.05, 3.63) is 125 Å². The lowest BCUT2D eigenvalue weighted by molar-refractivity contribution is -0.136. The number of aromatic hydroxyl groups is 1. The van der Waals surface area contributed by atoms with E-state index in [0.717, 1.165) is 79.5 Å². The van der Waals surface area contributed by atoms with E-state index in [9.17, 15) is 19.5 Å². The summed E-state index contributed by atoms with van der Waals surface area (Å²) in [6.45, 7) is 9.74. The minimum Gasteiger partial charge on any atom is -0.508 e. The van der Waals surface area contributed by atoms with Crippen LogP contribution in [-0.4, -0.2) is 96.1 Å². The van der Waals surface area contributed by atoms with E-state index >= 15 is 0 Å². The second-order valence-electron chi connectivity index (χ2n) is 15.0. The normalized spacial score (nSPS) is 19.8. The van der Waals surface area contributed by atoms with Gasteiger partial charge in [-0.05, 0) is 88.7 Å². The minimum atomic E-state index is -0.617. The maximum absolute atomic E-state index is 13.0. The van der Waals surface area contributed by atoms with Gasteiger partial charge in [0.25, 0.3) is 5.91 Å². The molecule has 0 saturated carbocycles. The van der Waals surface area contributed by atoms with Crippen LogP contribution in [0.1, 0.15) is 58.8 Å². The van der Waals surface area contributed by atoms with Gasteiger partial charge in [0.05, 0.1) is 0 Å². The summed E-state index contributed by atoms with van der Waals surface area (Å²) in [5.74, 6) is 0.965. The van der Waals surface area contributed by atoms with Crippen LogP contribution >= 0.6 is 0 Å². The number of phenols is 1. The first kappa shape index (κ1) is 35.6. The van der Waals surface area contributed by atoms with Gasteiger partial charge in [-0.3, -0.25) is 29.5 Å². The number of piperidine rings is 1. The molecular weight excluding hydrogens is 681 g/mol. The van der Waals surface area contributed by atoms with E-state index in [2.05, 4.69) is 70.6 Å². The maximum Gasteiger partial charge on any atom is 0.255 e. The van der Waals surface area contributed by atoms with Crippen molar-refractivity contribution in [3.8, 4) is 17.2 Å². The summed E-state index contributed by atoms with van der Waals surface area (Å²) in [5.41, 5.74) is 7.58. The molecular formula is C44H46N4O6. The third-order valence-electron chi connectivity index (χ3n) is 11.2. The summed E-state index contributed by atoms with van der Waals surface area (Å²) in [6, 6.07) is 31.2. The fourth-order valence-electron chi connectivity index (χ4n) is 8.57. The number of rotatable bonds is 13. The Morgan fingerprint density at radius 3 is 2.02 bits per heavy atom. The number of hydrogen-bond donors (Lipinski definition) is 2. The van der Waals surface area contributed by atoms with Crippen molar-refractivity contribution in [1.82, 2.24) is 20.0 Å². The molecule has 1 spiro atoms. The van der Waals surface area contributed by atoms with E-state index < -0.39 is 11.9 Å². The number of nitrogens with zero attached hydrogens (tertiary/aromatic N) is 3. The standard InChI is InChI=1S/C44H46N4O6/c1-2-37(30-6-4-3-5-7-30)41(31-8-12-34(49)13-9-31)32-10-14-35(15-11-32)53-22-20-46-26-44(27-46)28-47(29-44)21-23-54-36-16-17-38-33(24-36)25-48(43(38)52)39-18-19-40(50)45-42(39)51/h3-17,24,39,49H,2,18-23,25-29H2,1H3,(H,45,50,51). The van der Waals surface area contributed by atoms with E-state index in [1.54, 1.807) is 23.1 Å². The number of fused-ring (bicyclic) bond motifs is 1. The van der Waals surface area contributed by atoms with Gasteiger partial charge in [0, 0.05) is 63.2 Å². The van der Waals surface area contributed by atoms with Crippen molar-refractivity contribution >= 4 is 28.9 Å². The van der Waals surface area contributed by atoms with Gasteiger partial charge in [-0.1, -0.05) is 61.5 Å². The molecule has 3 saturated heterocycles. The van der Waals surface area contributed by atoms with Crippen LogP contribution < -0.4 is 14.8 Å². The molecule has 4 aliphatic rings. The van der Waals surface area contributed by atoms with Crippen molar-refractivity contribution in [1.29, 1.82) is 0 Å². The van der Waals surface area contributed by atoms with Crippen LogP contribution in [0.15, 0.2) is 97.1 Å². The molecule has 4 heterocycles. The Bertz CT molecular complexity index is 2050. The van der Waals surface area contributed by atoms with Gasteiger partial charge < -0.3 is 19.5 Å². The van der Waals surface area contributed by atoms with Gasteiger partial charge in [-0.15, -0.1) is 0 Å². The van der Waals surface area contributed by atoms with Crippen molar-refractivity contribution < 1.29 is 29.0 Å². The zero-order valence-corrected chi connectivity index (χ0v) is 30.6. The summed E-state index contributed by atoms with van der Waals surface area (Å²) in [6.07, 6.45) is 1.46. The predicted molar refractivity (Wildman–Crippen MR) is 206 cm³/mol. The number of carbonyl (C=O) groups is 3. The first-order chi connectivity index (χ1) is 26.3. The van der Waals surface area contributed by atoms with Gasteiger partial charge in [0.2, 0.25) is 11.8 Å². The molecule has 10 heteroatoms. The number of hydrogen-bond acceptors (Lipinski definition) is 8. The maximum atomic E-state index is 13.0. The zero-order valence-electron chi connectivity index (χ0n) is 30.6. The van der Waals surface area contributed by atoms with Crippen molar-refractivity contribution in [2.75, 3.05) is 52.5 Å². The lowest BCUT2D eigenvalue weighted by atomic mass is 9.73. The van der Waals surface area contributed by atoms with Gasteiger partial charge >= 0.3 is 0 Å². The molecule has 1 unspecified atom stereocenters. The smallest absolute Gasteiger partial charge is 0.255 e. The van der Waals surface area contributed by atoms with Crippen LogP contribution in [0, 0.1) is 5.41 Å². The highest BCUT2D eigenvalue weighted by Gasteiger charge is 2.51. The first-order valence-electron chi connectivity index (χ1n) is 18.9. The minimum absolute atomic E-state index is 0.175. The molecule has 1 atom stereocenters. The van der Waals surface area contributed by atoms with Crippen molar-refractivity contribution in [2.45, 2.75) is 38.8 Å². The second-order valence-corrected chi connectivity index (χ2v) is 15.0. The number of carbonyl (C=O) groups excluding carboxylic acids is 3. The molecule has 4 aromatic rings. The van der Waals surface area contributed by atoms with Crippen molar-refractivity contribution in [2.24, 2.45) is 5.41 Å². The van der Waals surface area contributed by atoms with Gasteiger partial charge in [0.15, 0.2) is 0 Å². The van der Waals surface area contributed by atoms with Crippen LogP contribution in [0.4, 0.5) is 0 Å². The number of nitrogens with one attached hydrogen (secondary N) is 1. The van der Waals surface area contributed by atoms with Crippen molar-refractivity contribution in [3.63, 3.8) is 0 Å². The molecule has 3 fully saturated rings. The lowest BCUT2D eigenvalue weighted by Gasteiger charge is -2.60. The number of likely N-dealkylation sites (tertiary alicyclic amines) is 2. The monoisotopic (exact) mass is 726 g/mol. The highest BCUT2D eigenvalue weighted by molar-refractivity contribution is 6.05. The SMILES string of the molecule is CCC(=C(c1ccc(O)cc1)c1ccc(OCCN2CC3(C2)CN(CCOc2ccc4c(c2)CN(C2CCC(=O)NC2=O)C4=O)C3)cc1)c1ccccc1. The fraction of sp³-hybridized carbons (Fsp3) is 0.341. The number of ether oxygens (including phenoxy) is 2. The highest BCUT2D eigenvalue weighted by Crippen LogP contribution is 2.40. The number of benzene rings is 4. The Morgan fingerprint density at radius 2 is 1.39 bits per heavy atom. The quantitative estimate of drug-likeness (QED) is 0.136. The lowest BCUT2D eigenvalue weighted by Crippen LogP contribution is -2.72. The number of allylic oxidation sites excluding steroid dienone is 1. The van der Waals surface area contributed by atoms with Crippen LogP contribution in [-0.2, 0) is 16.1 Å². The van der Waals surface area contributed by atoms with E-state index in [1.807, 2.05) is 30.3 Å². The summed E-state index contributed by atoms with van der Waals surface area (Å²) in [7, 11) is 0. The predicted octanol–water partition coefficient (Wildman–Crippen LogP) is 5.60. The number of phenolic OH excluding ortho intramolecular Hbond substituents is 1. The third kappa shape index (κ3) is 7.36. The molecule has 0 radical (unpaired) electrons. The topological polar surface area (TPSA) is 112 Å². The summed E-state index contributed by atoms with van der Waals surface area (Å²) in [5, 5.41) is 12.3. The molecule has 0 aliphatic carbocycles. The Balaban J connectivity index is 0.770. The number of amides is 3. The average molecular weight is 727 g/mol. The van der Waals surface area contributed by atoms with Crippen LogP contribution in [0.3, 0.4) is 0 Å². The zero-order chi connectivity index (χ0) is 37.2. The van der Waals surface area contributed by atoms with Gasteiger partial charge in [-0.25, -0.2) is 0 Å². The fourth-order valence-corrected chi connectivity index (χ4v) is 8.57. The highest BCUT2D eigenvalue weighted by atomic mass is 16.5. The molecule has 0 aromatic heterocycles. The largest absolute Gasteiger partial charge is 0.508 e. The van der Waals surface area contributed by atoms with E-state index in [4.69, 9.17) is 9.47 Å². The Morgan fingerprint density at radius 1 is 0.778 bits per heavy atom. The summed E-state index contributed by atoms with van der Waals surface area (Å²) in [4.78, 5) is 43.3. The molecule has 4 aliphatic heterocycles. The molecule has 54 heavy (non-hydrogen) atoms. The summed E-state index contributed by atoms with van der Waals surface area (Å²) < 4.78 is 12.3. The Labute approximate surface area is 316 Å². The van der Waals surface area contributed by atoms with Crippen LogP contribution in [0.5, 0.6) is 17.2 Å².